The van der Waals surface area contributed by atoms with Crippen molar-refractivity contribution in [1.82, 2.24) is 29.7 Å². The molecule has 0 spiro atoms. The number of carbonyl (C=O) groups excluding carboxylic acids is 3. The van der Waals surface area contributed by atoms with Gasteiger partial charge in [0.2, 0.25) is 0 Å². The Hall–Kier alpha value is -3.55. The first-order valence-corrected chi connectivity index (χ1v) is 20.8. The average molecular weight is 831 g/mol. The molecule has 17 heteroatoms. The lowest BCUT2D eigenvalue weighted by molar-refractivity contribution is -0.319. The minimum Gasteiger partial charge on any atom is -0.458 e. The number of nitrogens with zero attached hydrogens (tertiary/aromatic N) is 5. The number of imidazole rings is 1. The van der Waals surface area contributed by atoms with Gasteiger partial charge in [0.05, 0.1) is 42.4 Å². The summed E-state index contributed by atoms with van der Waals surface area (Å²) >= 11 is 0. The Morgan fingerprint density at radius 2 is 1.78 bits per heavy atom. The largest absolute Gasteiger partial charge is 0.458 e. The number of unbranched alkanes of at least 4 members (excludes halogenated alkanes) is 1. The summed E-state index contributed by atoms with van der Waals surface area (Å²) in [6.45, 7) is 13.0. The minimum absolute atomic E-state index is 0.280. The van der Waals surface area contributed by atoms with E-state index in [-0.39, 0.29) is 18.5 Å². The molecule has 330 valence electrons. The third-order valence-corrected chi connectivity index (χ3v) is 12.6. The molecular formula is C42H66N6O11. The first kappa shape index (κ1) is 46.5. The number of ether oxygens (including phenoxy) is 5. The standard InChI is InChI=1S/C42H66N6O11/c1-11-31-42(7)36(48(40(54)59-42)18-13-12-17-47-21-29(44-23-47)28-15-14-16-43-20-28)27(5)45-24(2)19-41(6,55-10)37(25(3)33(50)26(4)38(53)57-31)58-39-35(52)32(46(8)9)34(51)30(22-49)56-39/h14-16,20-21,23-27,30-32,34-37,39,45,49,51-52H,11-13,17-19,22H2,1-10H3/t24-,25+,26-,27-,30-,31-,32-,34+,35+,36-,37-,39+,41+,42-/m1/s1. The highest BCUT2D eigenvalue weighted by molar-refractivity contribution is 6.00. The number of likely N-dealkylation sites (N-methyl/N-ethyl adjacent to an activating group) is 1. The molecule has 1 amide bonds. The first-order valence-electron chi connectivity index (χ1n) is 20.8. The van der Waals surface area contributed by atoms with Gasteiger partial charge in [-0.25, -0.2) is 9.78 Å². The number of aromatic nitrogens is 3. The third-order valence-electron chi connectivity index (χ3n) is 12.6. The Labute approximate surface area is 347 Å². The van der Waals surface area contributed by atoms with E-state index < -0.39 is 96.4 Å². The Kier molecular flexibility index (Phi) is 15.3. The number of carbonyl (C=O) groups is 3. The van der Waals surface area contributed by atoms with Gasteiger partial charge in [-0.15, -0.1) is 0 Å². The lowest BCUT2D eigenvalue weighted by Crippen LogP contribution is -2.66. The lowest BCUT2D eigenvalue weighted by Gasteiger charge is -2.48. The molecule has 2 aromatic rings. The molecule has 4 N–H and O–H groups in total. The van der Waals surface area contributed by atoms with Crippen molar-refractivity contribution in [2.75, 3.05) is 34.4 Å². The third kappa shape index (κ3) is 9.83. The SMILES string of the molecule is CC[C@H]1OC(=O)[C@H](C)C(=O)[C@H](C)[C@@H](O[C@@H]2O[C@H](CO)[C@H](O)[C@@H](N(C)C)[C@@H]2O)[C@@](C)(OC)C[C@@H](C)N[C@H](C)[C@H]2N(CCCCn3cnc(-c4cccnc4)c3)C(=O)O[C@]12C. The normalized spacial score (nSPS) is 37.5. The van der Waals surface area contributed by atoms with Crippen molar-refractivity contribution >= 4 is 17.8 Å². The van der Waals surface area contributed by atoms with Crippen molar-refractivity contribution in [2.24, 2.45) is 11.8 Å². The number of Topliss-reactive ketones (excluding diaryl/α,β-unsaturated/α-hetero) is 1. The van der Waals surface area contributed by atoms with Crippen LogP contribution in [-0.4, -0.2) is 164 Å². The molecule has 0 unspecified atom stereocenters. The highest BCUT2D eigenvalue weighted by Gasteiger charge is 2.59. The van der Waals surface area contributed by atoms with Gasteiger partial charge in [0.15, 0.2) is 17.7 Å². The quantitative estimate of drug-likeness (QED) is 0.138. The number of hydrogen-bond acceptors (Lipinski definition) is 15. The van der Waals surface area contributed by atoms with Crippen LogP contribution in [0.3, 0.4) is 0 Å². The Morgan fingerprint density at radius 3 is 2.41 bits per heavy atom. The van der Waals surface area contributed by atoms with Gasteiger partial charge in [-0.3, -0.25) is 19.5 Å². The van der Waals surface area contributed by atoms with E-state index in [4.69, 9.17) is 23.7 Å². The number of methoxy groups -OCH3 is 1. The van der Waals surface area contributed by atoms with E-state index in [1.54, 1.807) is 63.4 Å². The summed E-state index contributed by atoms with van der Waals surface area (Å²) in [4.78, 5) is 54.2. The number of nitrogens with one attached hydrogen (secondary N) is 1. The second kappa shape index (κ2) is 19.4. The summed E-state index contributed by atoms with van der Waals surface area (Å²) in [6.07, 6.45) is 1.69. The van der Waals surface area contributed by atoms with Crippen molar-refractivity contribution in [1.29, 1.82) is 0 Å². The summed E-state index contributed by atoms with van der Waals surface area (Å²) < 4.78 is 33.0. The average Bonchev–Trinajstić information content (AvgIpc) is 3.78. The molecule has 3 aliphatic heterocycles. The summed E-state index contributed by atoms with van der Waals surface area (Å²) in [7, 11) is 4.87. The van der Waals surface area contributed by atoms with Crippen LogP contribution in [0.25, 0.3) is 11.3 Å². The van der Waals surface area contributed by atoms with Gasteiger partial charge in [-0.2, -0.15) is 0 Å². The fraction of sp³-hybridized carbons (Fsp3) is 0.738. The number of esters is 1. The van der Waals surface area contributed by atoms with Gasteiger partial charge in [-0.1, -0.05) is 13.8 Å². The predicted octanol–water partition coefficient (Wildman–Crippen LogP) is 2.40. The number of aliphatic hydroxyl groups excluding tert-OH is 3. The topological polar surface area (TPSA) is 207 Å². The van der Waals surface area contributed by atoms with Crippen LogP contribution in [0.15, 0.2) is 37.1 Å². The molecule has 17 nitrogen and oxygen atoms in total. The smallest absolute Gasteiger partial charge is 0.410 e. The van der Waals surface area contributed by atoms with E-state index >= 15 is 0 Å². The molecule has 59 heavy (non-hydrogen) atoms. The number of aliphatic hydroxyl groups is 3. The monoisotopic (exact) mass is 830 g/mol. The fourth-order valence-corrected chi connectivity index (χ4v) is 9.46. The maximum Gasteiger partial charge on any atom is 0.410 e. The summed E-state index contributed by atoms with van der Waals surface area (Å²) in [6, 6.07) is 1.69. The van der Waals surface area contributed by atoms with Crippen molar-refractivity contribution < 1.29 is 53.4 Å². The maximum atomic E-state index is 14.3. The van der Waals surface area contributed by atoms with Gasteiger partial charge in [0, 0.05) is 62.4 Å². The highest BCUT2D eigenvalue weighted by atomic mass is 16.7. The van der Waals surface area contributed by atoms with Crippen molar-refractivity contribution in [3.8, 4) is 11.3 Å². The van der Waals surface area contributed by atoms with Crippen LogP contribution < -0.4 is 5.32 Å². The number of rotatable bonds is 12. The van der Waals surface area contributed by atoms with Gasteiger partial charge in [-0.05, 0) is 86.5 Å². The lowest BCUT2D eigenvalue weighted by atomic mass is 9.78. The zero-order valence-corrected chi connectivity index (χ0v) is 36.2. The number of cyclic esters (lactones) is 1. The highest BCUT2D eigenvalue weighted by Crippen LogP contribution is 2.40. The van der Waals surface area contributed by atoms with Crippen molar-refractivity contribution in [3.05, 3.63) is 37.1 Å². The minimum atomic E-state index is -1.38. The number of aryl methyl sites for hydroxylation is 1. The van der Waals surface area contributed by atoms with E-state index in [1.807, 2.05) is 43.7 Å². The zero-order valence-electron chi connectivity index (χ0n) is 36.2. The Balaban J connectivity index is 1.41. The summed E-state index contributed by atoms with van der Waals surface area (Å²) in [5, 5.41) is 36.1. The molecule has 0 saturated carbocycles. The zero-order chi connectivity index (χ0) is 43.4. The molecule has 14 atom stereocenters. The molecule has 3 aliphatic rings. The molecule has 0 aromatic carbocycles. The molecule has 3 saturated heterocycles. The molecule has 3 fully saturated rings. The van der Waals surface area contributed by atoms with E-state index in [0.29, 0.717) is 25.9 Å². The molecule has 2 aromatic heterocycles. The van der Waals surface area contributed by atoms with Gasteiger partial charge in [0.1, 0.15) is 30.3 Å². The van der Waals surface area contributed by atoms with Crippen LogP contribution in [0.1, 0.15) is 74.1 Å². The Morgan fingerprint density at radius 1 is 1.07 bits per heavy atom. The van der Waals surface area contributed by atoms with E-state index in [2.05, 4.69) is 15.3 Å². The summed E-state index contributed by atoms with van der Waals surface area (Å²) in [5.74, 6) is -3.51. The van der Waals surface area contributed by atoms with Crippen LogP contribution in [-0.2, 0) is 39.8 Å². The molecular weight excluding hydrogens is 764 g/mol. The van der Waals surface area contributed by atoms with E-state index in [1.165, 1.54) is 14.0 Å². The van der Waals surface area contributed by atoms with Gasteiger partial charge >= 0.3 is 12.1 Å². The fourth-order valence-electron chi connectivity index (χ4n) is 9.46. The van der Waals surface area contributed by atoms with Gasteiger partial charge < -0.3 is 53.8 Å². The van der Waals surface area contributed by atoms with Crippen molar-refractivity contribution in [2.45, 2.75) is 153 Å². The number of ketones is 1. The van der Waals surface area contributed by atoms with Crippen LogP contribution in [0, 0.1) is 11.8 Å². The number of pyridine rings is 1. The number of amides is 1. The predicted molar refractivity (Wildman–Crippen MR) is 216 cm³/mol. The number of fused-ring (bicyclic) bond motifs is 1. The first-order chi connectivity index (χ1) is 27.9. The van der Waals surface area contributed by atoms with Crippen LogP contribution in [0.2, 0.25) is 0 Å². The molecule has 0 aliphatic carbocycles. The van der Waals surface area contributed by atoms with Gasteiger partial charge in [0.25, 0.3) is 0 Å². The Bertz CT molecular complexity index is 1720. The van der Waals surface area contributed by atoms with Crippen LogP contribution in [0.4, 0.5) is 4.79 Å². The van der Waals surface area contributed by atoms with Crippen LogP contribution in [0.5, 0.6) is 0 Å². The second-order valence-electron chi connectivity index (χ2n) is 17.2. The molecule has 0 radical (unpaired) electrons. The molecule has 0 bridgehead atoms. The maximum absolute atomic E-state index is 14.3. The van der Waals surface area contributed by atoms with E-state index in [9.17, 15) is 29.7 Å². The van der Waals surface area contributed by atoms with Crippen molar-refractivity contribution in [3.63, 3.8) is 0 Å². The number of hydrogen-bond donors (Lipinski definition) is 4. The molecule has 5 heterocycles. The molecule has 5 rings (SSSR count). The second-order valence-corrected chi connectivity index (χ2v) is 17.2. The van der Waals surface area contributed by atoms with Crippen LogP contribution >= 0.6 is 0 Å². The summed E-state index contributed by atoms with van der Waals surface area (Å²) in [5.41, 5.74) is -0.740. The van der Waals surface area contributed by atoms with E-state index in [0.717, 1.165) is 17.7 Å².